The highest BCUT2D eigenvalue weighted by Crippen LogP contribution is 2.22. The summed E-state index contributed by atoms with van der Waals surface area (Å²) in [6, 6.07) is 3.81. The fraction of sp³-hybridized carbons (Fsp3) is 0.647. The molecule has 0 radical (unpaired) electrons. The first-order chi connectivity index (χ1) is 10.7. The first kappa shape index (κ1) is 18.4. The standard InChI is InChI=1S/C17H27FN2O2S/c1-12(2)23(21,22)19-9-15-7-8-20(10-15)11-16-6-5-13(3)17(18)14(16)4/h5-6,12,15,19H,7-11H2,1-4H3. The molecular formula is C17H27FN2O2S. The van der Waals surface area contributed by atoms with Crippen LogP contribution in [0.2, 0.25) is 0 Å². The Kier molecular flexibility index (Phi) is 5.81. The van der Waals surface area contributed by atoms with Crippen LogP contribution in [0.1, 0.15) is 37.0 Å². The molecule has 0 saturated carbocycles. The summed E-state index contributed by atoms with van der Waals surface area (Å²) >= 11 is 0. The molecule has 1 aromatic rings. The Hall–Kier alpha value is -0.980. The number of aryl methyl sites for hydroxylation is 1. The van der Waals surface area contributed by atoms with Gasteiger partial charge in [-0.1, -0.05) is 12.1 Å². The highest BCUT2D eigenvalue weighted by molar-refractivity contribution is 7.90. The van der Waals surface area contributed by atoms with Crippen molar-refractivity contribution < 1.29 is 12.8 Å². The van der Waals surface area contributed by atoms with E-state index < -0.39 is 15.3 Å². The van der Waals surface area contributed by atoms with E-state index in [1.165, 1.54) is 0 Å². The smallest absolute Gasteiger partial charge is 0.213 e. The molecule has 1 aliphatic rings. The molecule has 0 aliphatic carbocycles. The lowest BCUT2D eigenvalue weighted by atomic mass is 10.0. The zero-order valence-corrected chi connectivity index (χ0v) is 15.2. The minimum Gasteiger partial charge on any atom is -0.299 e. The molecule has 1 unspecified atom stereocenters. The quantitative estimate of drug-likeness (QED) is 0.864. The average Bonchev–Trinajstić information content (AvgIpc) is 2.93. The zero-order chi connectivity index (χ0) is 17.2. The molecular weight excluding hydrogens is 315 g/mol. The van der Waals surface area contributed by atoms with E-state index in [-0.39, 0.29) is 5.82 Å². The predicted octanol–water partition coefficient (Wildman–Crippen LogP) is 2.59. The summed E-state index contributed by atoms with van der Waals surface area (Å²) in [7, 11) is -3.20. The summed E-state index contributed by atoms with van der Waals surface area (Å²) in [5.74, 6) is 0.196. The highest BCUT2D eigenvalue weighted by atomic mass is 32.2. The molecule has 4 nitrogen and oxygen atoms in total. The van der Waals surface area contributed by atoms with Gasteiger partial charge in [0.15, 0.2) is 0 Å². The summed E-state index contributed by atoms with van der Waals surface area (Å²) in [5, 5.41) is -0.404. The van der Waals surface area contributed by atoms with E-state index in [1.807, 2.05) is 19.1 Å². The van der Waals surface area contributed by atoms with Crippen molar-refractivity contribution in [2.75, 3.05) is 19.6 Å². The molecule has 1 saturated heterocycles. The van der Waals surface area contributed by atoms with Gasteiger partial charge in [0.2, 0.25) is 10.0 Å². The van der Waals surface area contributed by atoms with Crippen LogP contribution in [-0.2, 0) is 16.6 Å². The lowest BCUT2D eigenvalue weighted by Gasteiger charge is -2.19. The molecule has 0 spiro atoms. The van der Waals surface area contributed by atoms with Gasteiger partial charge >= 0.3 is 0 Å². The molecule has 1 fully saturated rings. The van der Waals surface area contributed by atoms with Crippen LogP contribution in [0.15, 0.2) is 12.1 Å². The Morgan fingerprint density at radius 1 is 1.35 bits per heavy atom. The third-order valence-corrected chi connectivity index (χ3v) is 6.46. The van der Waals surface area contributed by atoms with Crippen LogP contribution < -0.4 is 4.72 Å². The highest BCUT2D eigenvalue weighted by Gasteiger charge is 2.25. The van der Waals surface area contributed by atoms with Gasteiger partial charge in [0.25, 0.3) is 0 Å². The average molecular weight is 342 g/mol. The summed E-state index contributed by atoms with van der Waals surface area (Å²) in [5.41, 5.74) is 2.40. The van der Waals surface area contributed by atoms with Crippen LogP contribution in [-0.4, -0.2) is 38.2 Å². The SMILES string of the molecule is Cc1ccc(CN2CCC(CNS(=O)(=O)C(C)C)C2)c(C)c1F. The Labute approximate surface area is 139 Å². The molecule has 6 heteroatoms. The van der Waals surface area contributed by atoms with Crippen LogP contribution in [0, 0.1) is 25.6 Å². The molecule has 23 heavy (non-hydrogen) atoms. The van der Waals surface area contributed by atoms with Crippen molar-refractivity contribution in [3.8, 4) is 0 Å². The van der Waals surface area contributed by atoms with E-state index in [0.29, 0.717) is 23.6 Å². The number of nitrogens with one attached hydrogen (secondary N) is 1. The molecule has 1 heterocycles. The van der Waals surface area contributed by atoms with Gasteiger partial charge < -0.3 is 0 Å². The van der Waals surface area contributed by atoms with Crippen LogP contribution in [0.25, 0.3) is 0 Å². The monoisotopic (exact) mass is 342 g/mol. The Morgan fingerprint density at radius 2 is 2.04 bits per heavy atom. The van der Waals surface area contributed by atoms with Crippen molar-refractivity contribution in [2.24, 2.45) is 5.92 Å². The van der Waals surface area contributed by atoms with E-state index in [2.05, 4.69) is 9.62 Å². The second kappa shape index (κ2) is 7.28. The molecule has 1 atom stereocenters. The molecule has 0 aromatic heterocycles. The van der Waals surface area contributed by atoms with Gasteiger partial charge in [0.1, 0.15) is 5.82 Å². The summed E-state index contributed by atoms with van der Waals surface area (Å²) in [4.78, 5) is 2.27. The van der Waals surface area contributed by atoms with Crippen molar-refractivity contribution in [3.05, 3.63) is 34.6 Å². The second-order valence-corrected chi connectivity index (χ2v) is 9.13. The fourth-order valence-corrected chi connectivity index (χ4v) is 3.70. The topological polar surface area (TPSA) is 49.4 Å². The van der Waals surface area contributed by atoms with Crippen molar-refractivity contribution in [3.63, 3.8) is 0 Å². The third-order valence-electron chi connectivity index (χ3n) is 4.65. The minimum absolute atomic E-state index is 0.122. The predicted molar refractivity (Wildman–Crippen MR) is 91.3 cm³/mol. The van der Waals surface area contributed by atoms with E-state index in [9.17, 15) is 12.8 Å². The van der Waals surface area contributed by atoms with Crippen molar-refractivity contribution >= 4 is 10.0 Å². The maximum Gasteiger partial charge on any atom is 0.213 e. The van der Waals surface area contributed by atoms with Crippen LogP contribution >= 0.6 is 0 Å². The summed E-state index contributed by atoms with van der Waals surface area (Å²) in [6.07, 6.45) is 0.966. The Morgan fingerprint density at radius 3 is 2.70 bits per heavy atom. The lowest BCUT2D eigenvalue weighted by Crippen LogP contribution is -2.35. The molecule has 0 amide bonds. The number of nitrogens with zero attached hydrogens (tertiary/aromatic N) is 1. The maximum atomic E-state index is 14.0. The number of hydrogen-bond acceptors (Lipinski definition) is 3. The van der Waals surface area contributed by atoms with Crippen molar-refractivity contribution in [2.45, 2.75) is 45.9 Å². The van der Waals surface area contributed by atoms with Gasteiger partial charge in [-0.25, -0.2) is 17.5 Å². The first-order valence-corrected chi connectivity index (χ1v) is 9.70. The second-order valence-electron chi connectivity index (χ2n) is 6.81. The number of likely N-dealkylation sites (tertiary alicyclic amines) is 1. The zero-order valence-electron chi connectivity index (χ0n) is 14.4. The van der Waals surface area contributed by atoms with E-state index in [1.54, 1.807) is 20.8 Å². The fourth-order valence-electron chi connectivity index (χ4n) is 2.90. The van der Waals surface area contributed by atoms with E-state index >= 15 is 0 Å². The first-order valence-electron chi connectivity index (χ1n) is 8.16. The van der Waals surface area contributed by atoms with Crippen LogP contribution in [0.3, 0.4) is 0 Å². The Bertz CT molecular complexity index is 659. The molecule has 1 aliphatic heterocycles. The number of rotatable bonds is 6. The van der Waals surface area contributed by atoms with Gasteiger partial charge in [0.05, 0.1) is 5.25 Å². The van der Waals surface area contributed by atoms with Crippen molar-refractivity contribution in [1.29, 1.82) is 0 Å². The third kappa shape index (κ3) is 4.52. The molecule has 1 aromatic carbocycles. The number of sulfonamides is 1. The van der Waals surface area contributed by atoms with Gasteiger partial charge in [-0.15, -0.1) is 0 Å². The molecule has 1 N–H and O–H groups in total. The van der Waals surface area contributed by atoms with Crippen molar-refractivity contribution in [1.82, 2.24) is 9.62 Å². The number of benzene rings is 1. The normalized spacial score (nSPS) is 19.7. The largest absolute Gasteiger partial charge is 0.299 e. The summed E-state index contributed by atoms with van der Waals surface area (Å²) < 4.78 is 40.3. The summed E-state index contributed by atoms with van der Waals surface area (Å²) in [6.45, 7) is 9.92. The molecule has 2 rings (SSSR count). The van der Waals surface area contributed by atoms with E-state index in [0.717, 1.165) is 31.6 Å². The Balaban J connectivity index is 1.90. The van der Waals surface area contributed by atoms with E-state index in [4.69, 9.17) is 0 Å². The van der Waals surface area contributed by atoms with Gasteiger partial charge in [-0.2, -0.15) is 0 Å². The number of halogens is 1. The van der Waals surface area contributed by atoms with Gasteiger partial charge in [-0.05, 0) is 63.3 Å². The van der Waals surface area contributed by atoms with Crippen LogP contribution in [0.4, 0.5) is 4.39 Å². The lowest BCUT2D eigenvalue weighted by molar-refractivity contribution is 0.315. The van der Waals surface area contributed by atoms with Crippen LogP contribution in [0.5, 0.6) is 0 Å². The molecule has 130 valence electrons. The van der Waals surface area contributed by atoms with Gasteiger partial charge in [-0.3, -0.25) is 4.90 Å². The minimum atomic E-state index is -3.20. The maximum absolute atomic E-state index is 14.0. The number of hydrogen-bond donors (Lipinski definition) is 1. The molecule has 0 bridgehead atoms. The van der Waals surface area contributed by atoms with Gasteiger partial charge in [0, 0.05) is 19.6 Å².